The molecule has 26 heavy (non-hydrogen) atoms. The van der Waals surface area contributed by atoms with Gasteiger partial charge in [-0.05, 0) is 52.9 Å². The fourth-order valence-electron chi connectivity index (χ4n) is 3.56. The smallest absolute Gasteiger partial charge is 0.170 e. The van der Waals surface area contributed by atoms with Crippen LogP contribution in [0.2, 0.25) is 10.0 Å². The number of aliphatic hydroxyl groups is 1. The van der Waals surface area contributed by atoms with Crippen LogP contribution in [0.15, 0.2) is 42.5 Å². The van der Waals surface area contributed by atoms with Crippen molar-refractivity contribution in [1.82, 2.24) is 25.1 Å². The summed E-state index contributed by atoms with van der Waals surface area (Å²) in [7, 11) is 1.93. The monoisotopic (exact) mass is 389 g/mol. The van der Waals surface area contributed by atoms with Crippen LogP contribution in [0.25, 0.3) is 5.69 Å². The molecule has 0 radical (unpaired) electrons. The molecule has 4 rings (SSSR count). The zero-order valence-electron chi connectivity index (χ0n) is 14.0. The van der Waals surface area contributed by atoms with Gasteiger partial charge in [-0.1, -0.05) is 41.4 Å². The summed E-state index contributed by atoms with van der Waals surface area (Å²) in [5.74, 6) is 0.687. The maximum absolute atomic E-state index is 10.6. The second-order valence-corrected chi connectivity index (χ2v) is 7.27. The Kier molecular flexibility index (Phi) is 4.67. The van der Waals surface area contributed by atoms with Gasteiger partial charge in [-0.3, -0.25) is 4.90 Å². The molecular formula is C18H17Cl2N5O. The number of halogens is 2. The van der Waals surface area contributed by atoms with Gasteiger partial charge in [0.15, 0.2) is 5.82 Å². The van der Waals surface area contributed by atoms with Gasteiger partial charge < -0.3 is 5.11 Å². The van der Waals surface area contributed by atoms with E-state index in [4.69, 9.17) is 23.2 Å². The predicted octanol–water partition coefficient (Wildman–Crippen LogP) is 3.06. The largest absolute Gasteiger partial charge is 0.391 e. The first-order valence-electron chi connectivity index (χ1n) is 8.23. The Morgan fingerprint density at radius 3 is 2.77 bits per heavy atom. The molecule has 0 amide bonds. The molecule has 0 fully saturated rings. The molecule has 1 aliphatic carbocycles. The van der Waals surface area contributed by atoms with Crippen molar-refractivity contribution in [2.24, 2.45) is 0 Å². The third kappa shape index (κ3) is 3.10. The molecule has 6 nitrogen and oxygen atoms in total. The van der Waals surface area contributed by atoms with Gasteiger partial charge in [0.1, 0.15) is 0 Å². The minimum absolute atomic E-state index is 0.220. The Bertz CT molecular complexity index is 931. The number of likely N-dealkylation sites (N-methyl/N-ethyl adjacent to an activating group) is 1. The van der Waals surface area contributed by atoms with E-state index in [2.05, 4.69) is 15.5 Å². The molecular weight excluding hydrogens is 373 g/mol. The minimum atomic E-state index is -0.563. The molecule has 0 bridgehead atoms. The summed E-state index contributed by atoms with van der Waals surface area (Å²) in [5.41, 5.74) is 2.79. The van der Waals surface area contributed by atoms with Crippen molar-refractivity contribution in [2.75, 3.05) is 7.05 Å². The van der Waals surface area contributed by atoms with Crippen LogP contribution in [0.3, 0.4) is 0 Å². The van der Waals surface area contributed by atoms with Crippen molar-refractivity contribution < 1.29 is 5.11 Å². The first-order chi connectivity index (χ1) is 12.5. The Morgan fingerprint density at radius 2 is 2.00 bits per heavy atom. The quantitative estimate of drug-likeness (QED) is 0.742. The molecule has 0 saturated carbocycles. The van der Waals surface area contributed by atoms with Gasteiger partial charge in [0.25, 0.3) is 0 Å². The van der Waals surface area contributed by atoms with Crippen LogP contribution in [0, 0.1) is 0 Å². The third-order valence-electron chi connectivity index (χ3n) is 4.69. The van der Waals surface area contributed by atoms with E-state index in [1.807, 2.05) is 48.3 Å². The average Bonchev–Trinajstić information content (AvgIpc) is 3.19. The Morgan fingerprint density at radius 1 is 1.23 bits per heavy atom. The van der Waals surface area contributed by atoms with Crippen LogP contribution in [0.1, 0.15) is 23.0 Å². The highest BCUT2D eigenvalue weighted by atomic mass is 35.5. The van der Waals surface area contributed by atoms with Crippen molar-refractivity contribution in [3.05, 3.63) is 69.5 Å². The Hall–Kier alpha value is -1.99. The van der Waals surface area contributed by atoms with Crippen molar-refractivity contribution in [2.45, 2.75) is 25.1 Å². The third-order valence-corrected chi connectivity index (χ3v) is 5.25. The van der Waals surface area contributed by atoms with E-state index in [-0.39, 0.29) is 6.04 Å². The maximum Gasteiger partial charge on any atom is 0.170 e. The van der Waals surface area contributed by atoms with E-state index in [1.54, 1.807) is 10.7 Å². The number of nitrogens with zero attached hydrogens (tertiary/aromatic N) is 5. The molecule has 0 spiro atoms. The lowest BCUT2D eigenvalue weighted by Crippen LogP contribution is -2.31. The van der Waals surface area contributed by atoms with Crippen LogP contribution >= 0.6 is 23.2 Å². The predicted molar refractivity (Wildman–Crippen MR) is 99.5 cm³/mol. The number of aliphatic hydroxyl groups excluding tert-OH is 1. The topological polar surface area (TPSA) is 67.1 Å². The standard InChI is InChI=1S/C18H17Cl2N5O/c1-24(10-17-21-22-23-25(17)12-5-3-2-4-6-12)18-14-7-11(19)8-15(20)13(14)9-16(18)26/h2-8,16,18,26H,9-10H2,1H3/t16-,18-/m1/s1. The molecule has 2 aromatic carbocycles. The summed E-state index contributed by atoms with van der Waals surface area (Å²) in [6, 6.07) is 13.1. The fourth-order valence-corrected chi connectivity index (χ4v) is 4.14. The van der Waals surface area contributed by atoms with Crippen molar-refractivity contribution in [3.63, 3.8) is 0 Å². The normalized spacial score (nSPS) is 19.1. The summed E-state index contributed by atoms with van der Waals surface area (Å²) < 4.78 is 1.70. The summed E-state index contributed by atoms with van der Waals surface area (Å²) in [6.45, 7) is 0.465. The highest BCUT2D eigenvalue weighted by molar-refractivity contribution is 6.35. The second-order valence-electron chi connectivity index (χ2n) is 6.43. The van der Waals surface area contributed by atoms with Gasteiger partial charge in [0.2, 0.25) is 0 Å². The molecule has 0 aliphatic heterocycles. The van der Waals surface area contributed by atoms with Gasteiger partial charge in [0.05, 0.1) is 24.4 Å². The van der Waals surface area contributed by atoms with Crippen molar-refractivity contribution >= 4 is 23.2 Å². The number of rotatable bonds is 4. The van der Waals surface area contributed by atoms with Gasteiger partial charge in [-0.2, -0.15) is 4.68 Å². The number of para-hydroxylation sites is 1. The Labute approximate surface area is 161 Å². The van der Waals surface area contributed by atoms with Gasteiger partial charge in [-0.15, -0.1) is 5.10 Å². The lowest BCUT2D eigenvalue weighted by molar-refractivity contribution is 0.0707. The summed E-state index contributed by atoms with van der Waals surface area (Å²) in [5, 5.41) is 23.8. The zero-order chi connectivity index (χ0) is 18.3. The molecule has 1 heterocycles. The Balaban J connectivity index is 1.63. The van der Waals surface area contributed by atoms with E-state index >= 15 is 0 Å². The lowest BCUT2D eigenvalue weighted by atomic mass is 10.1. The molecule has 0 unspecified atom stereocenters. The summed E-state index contributed by atoms with van der Waals surface area (Å²) >= 11 is 12.5. The first kappa shape index (κ1) is 17.4. The van der Waals surface area contributed by atoms with Gasteiger partial charge in [0, 0.05) is 16.5 Å². The number of fused-ring (bicyclic) bond motifs is 1. The number of tetrazole rings is 1. The zero-order valence-corrected chi connectivity index (χ0v) is 15.6. The van der Waals surface area contributed by atoms with E-state index in [1.165, 1.54) is 0 Å². The van der Waals surface area contributed by atoms with E-state index < -0.39 is 6.10 Å². The molecule has 3 aromatic rings. The SMILES string of the molecule is CN(Cc1nnnn1-c1ccccc1)[C@@H]1c2cc(Cl)cc(Cl)c2C[C@H]1O. The summed E-state index contributed by atoms with van der Waals surface area (Å²) in [4.78, 5) is 2.02. The second kappa shape index (κ2) is 6.96. The molecule has 1 aliphatic rings. The van der Waals surface area contributed by atoms with Crippen LogP contribution in [0.5, 0.6) is 0 Å². The highest BCUT2D eigenvalue weighted by Gasteiger charge is 2.36. The van der Waals surface area contributed by atoms with Crippen LogP contribution < -0.4 is 0 Å². The highest BCUT2D eigenvalue weighted by Crippen LogP contribution is 2.41. The van der Waals surface area contributed by atoms with E-state index in [0.717, 1.165) is 16.8 Å². The number of benzene rings is 2. The molecule has 1 aromatic heterocycles. The average molecular weight is 390 g/mol. The van der Waals surface area contributed by atoms with Crippen molar-refractivity contribution in [1.29, 1.82) is 0 Å². The van der Waals surface area contributed by atoms with Crippen LogP contribution in [0.4, 0.5) is 0 Å². The minimum Gasteiger partial charge on any atom is -0.391 e. The van der Waals surface area contributed by atoms with E-state index in [9.17, 15) is 5.11 Å². The molecule has 134 valence electrons. The maximum atomic E-state index is 10.6. The fraction of sp³-hybridized carbons (Fsp3) is 0.278. The first-order valence-corrected chi connectivity index (χ1v) is 8.99. The number of hydrogen-bond donors (Lipinski definition) is 1. The number of hydrogen-bond acceptors (Lipinski definition) is 5. The van der Waals surface area contributed by atoms with Gasteiger partial charge >= 0.3 is 0 Å². The van der Waals surface area contributed by atoms with Gasteiger partial charge in [-0.25, -0.2) is 0 Å². The van der Waals surface area contributed by atoms with E-state index in [0.29, 0.717) is 28.8 Å². The number of aromatic nitrogens is 4. The molecule has 8 heteroatoms. The molecule has 1 N–H and O–H groups in total. The summed E-state index contributed by atoms with van der Waals surface area (Å²) in [6.07, 6.45) is -0.0590. The van der Waals surface area contributed by atoms with Crippen molar-refractivity contribution in [3.8, 4) is 5.69 Å². The van der Waals surface area contributed by atoms with Crippen LogP contribution in [-0.2, 0) is 13.0 Å². The lowest BCUT2D eigenvalue weighted by Gasteiger charge is -2.27. The van der Waals surface area contributed by atoms with Crippen LogP contribution in [-0.4, -0.2) is 43.4 Å². The molecule has 0 saturated heterocycles. The molecule has 2 atom stereocenters.